The van der Waals surface area contributed by atoms with Crippen LogP contribution >= 0.6 is 15.9 Å². The summed E-state index contributed by atoms with van der Waals surface area (Å²) in [6.45, 7) is -0.561. The number of para-hydroxylation sites is 1. The molecular weight excluding hydrogens is 489 g/mol. The van der Waals surface area contributed by atoms with Gasteiger partial charge in [-0.15, -0.1) is 0 Å². The van der Waals surface area contributed by atoms with Crippen LogP contribution in [0.4, 0.5) is 27.6 Å². The van der Waals surface area contributed by atoms with E-state index >= 15 is 0 Å². The number of hydrogen-bond donors (Lipinski definition) is 0. The van der Waals surface area contributed by atoms with Gasteiger partial charge in [-0.2, -0.15) is 13.2 Å². The van der Waals surface area contributed by atoms with E-state index in [9.17, 15) is 31.5 Å². The van der Waals surface area contributed by atoms with Gasteiger partial charge in [0.2, 0.25) is 0 Å². The number of alkyl halides is 5. The van der Waals surface area contributed by atoms with Gasteiger partial charge in [0.25, 0.3) is 11.8 Å². The summed E-state index contributed by atoms with van der Waals surface area (Å²) in [4.78, 5) is 25.7. The lowest BCUT2D eigenvalue weighted by atomic mass is 9.97. The van der Waals surface area contributed by atoms with Gasteiger partial charge in [0.05, 0.1) is 23.9 Å². The van der Waals surface area contributed by atoms with Crippen molar-refractivity contribution in [2.75, 3.05) is 18.6 Å². The van der Waals surface area contributed by atoms with Crippen LogP contribution in [0.15, 0.2) is 53.0 Å². The molecule has 10 heteroatoms. The molecule has 0 aromatic heterocycles. The molecule has 2 aromatic rings. The maximum Gasteiger partial charge on any atom is 0.417 e. The third-order valence-corrected chi connectivity index (χ3v) is 5.25. The molecule has 0 atom stereocenters. The minimum atomic E-state index is -4.83. The number of esters is 1. The SMILES string of the molecule is COC(=O)/C=C1/c2ccccc2N(C(=O)c2ccc(Br)cc2C(F)(F)F)CCC1(F)F. The largest absolute Gasteiger partial charge is 0.466 e. The van der Waals surface area contributed by atoms with Crippen molar-refractivity contribution in [3.05, 3.63) is 69.7 Å². The zero-order valence-corrected chi connectivity index (χ0v) is 17.6. The Hall–Kier alpha value is -2.75. The Kier molecular flexibility index (Phi) is 6.22. The van der Waals surface area contributed by atoms with Gasteiger partial charge in [-0.25, -0.2) is 13.6 Å². The molecule has 0 aliphatic carbocycles. The van der Waals surface area contributed by atoms with Crippen LogP contribution < -0.4 is 4.90 Å². The molecule has 31 heavy (non-hydrogen) atoms. The van der Waals surface area contributed by atoms with E-state index in [1.165, 1.54) is 30.3 Å². The Morgan fingerprint density at radius 1 is 1.16 bits per heavy atom. The molecule has 3 rings (SSSR count). The van der Waals surface area contributed by atoms with Gasteiger partial charge in [-0.1, -0.05) is 34.1 Å². The molecule has 164 valence electrons. The number of methoxy groups -OCH3 is 1. The second-order valence-corrected chi connectivity index (χ2v) is 7.61. The number of allylic oxidation sites excluding steroid dienone is 1. The summed E-state index contributed by atoms with van der Waals surface area (Å²) >= 11 is 2.95. The normalized spacial score (nSPS) is 17.1. The molecule has 2 aromatic carbocycles. The lowest BCUT2D eigenvalue weighted by Gasteiger charge is -2.24. The summed E-state index contributed by atoms with van der Waals surface area (Å²) in [5.74, 6) is -5.62. The first-order chi connectivity index (χ1) is 14.5. The molecule has 4 nitrogen and oxygen atoms in total. The fraction of sp³-hybridized carbons (Fsp3) is 0.238. The average molecular weight is 504 g/mol. The standard InChI is InChI=1S/C21H15BrF5NO3/c1-31-18(29)11-15-13-4-2-3-5-17(13)28(9-8-20(15,23)24)19(30)14-7-6-12(22)10-16(14)21(25,26)27/h2-7,10-11H,8-9H2,1H3/b15-11-. The average Bonchev–Trinajstić information content (AvgIpc) is 2.81. The number of ether oxygens (including phenoxy) is 1. The third kappa shape index (κ3) is 4.63. The maximum atomic E-state index is 14.9. The summed E-state index contributed by atoms with van der Waals surface area (Å²) in [7, 11) is 1.03. The topological polar surface area (TPSA) is 46.6 Å². The number of anilines is 1. The molecule has 0 radical (unpaired) electrons. The molecule has 1 aliphatic heterocycles. The number of hydrogen-bond acceptors (Lipinski definition) is 3. The predicted octanol–water partition coefficient (Wildman–Crippen LogP) is 5.71. The summed E-state index contributed by atoms with van der Waals surface area (Å²) in [6.07, 6.45) is -5.10. The number of fused-ring (bicyclic) bond motifs is 1. The minimum Gasteiger partial charge on any atom is -0.466 e. The van der Waals surface area contributed by atoms with Gasteiger partial charge in [-0.05, 0) is 24.3 Å². The highest BCUT2D eigenvalue weighted by molar-refractivity contribution is 9.10. The number of benzene rings is 2. The molecule has 1 heterocycles. The molecule has 0 saturated heterocycles. The Morgan fingerprint density at radius 3 is 2.48 bits per heavy atom. The van der Waals surface area contributed by atoms with Crippen molar-refractivity contribution in [2.24, 2.45) is 0 Å². The predicted molar refractivity (Wildman–Crippen MR) is 107 cm³/mol. The maximum absolute atomic E-state index is 14.9. The lowest BCUT2D eigenvalue weighted by Crippen LogP contribution is -2.34. The molecule has 0 saturated carbocycles. The Balaban J connectivity index is 2.18. The molecule has 1 aliphatic rings. The summed E-state index contributed by atoms with van der Waals surface area (Å²) in [5.41, 5.74) is -2.71. The van der Waals surface area contributed by atoms with E-state index in [1.807, 2.05) is 0 Å². The summed E-state index contributed by atoms with van der Waals surface area (Å²) < 4.78 is 74.9. The zero-order chi connectivity index (χ0) is 23.0. The van der Waals surface area contributed by atoms with Gasteiger partial charge < -0.3 is 9.64 Å². The van der Waals surface area contributed by atoms with Crippen molar-refractivity contribution >= 4 is 39.1 Å². The fourth-order valence-electron chi connectivity index (χ4n) is 3.30. The van der Waals surface area contributed by atoms with Crippen molar-refractivity contribution in [3.8, 4) is 0 Å². The number of amides is 1. The Bertz CT molecular complexity index is 1070. The van der Waals surface area contributed by atoms with Crippen molar-refractivity contribution in [3.63, 3.8) is 0 Å². The van der Waals surface area contributed by atoms with Gasteiger partial charge in [0.1, 0.15) is 0 Å². The van der Waals surface area contributed by atoms with Crippen LogP contribution in [0.1, 0.15) is 27.9 Å². The monoisotopic (exact) mass is 503 g/mol. The highest BCUT2D eigenvalue weighted by atomic mass is 79.9. The molecule has 0 unspecified atom stereocenters. The van der Waals surface area contributed by atoms with Crippen molar-refractivity contribution < 1.29 is 36.3 Å². The van der Waals surface area contributed by atoms with Gasteiger partial charge >= 0.3 is 12.1 Å². The minimum absolute atomic E-state index is 0.0316. The third-order valence-electron chi connectivity index (χ3n) is 4.75. The van der Waals surface area contributed by atoms with E-state index in [0.717, 1.165) is 24.1 Å². The number of nitrogens with zero attached hydrogens (tertiary/aromatic N) is 1. The molecule has 1 amide bonds. The number of carbonyl (C=O) groups is 2. The molecule has 0 spiro atoms. The van der Waals surface area contributed by atoms with Gasteiger partial charge in [0, 0.05) is 34.7 Å². The van der Waals surface area contributed by atoms with E-state index in [2.05, 4.69) is 20.7 Å². The van der Waals surface area contributed by atoms with Crippen molar-refractivity contribution in [1.29, 1.82) is 0 Å². The van der Waals surface area contributed by atoms with Crippen molar-refractivity contribution in [2.45, 2.75) is 18.5 Å². The molecule has 0 N–H and O–H groups in total. The van der Waals surface area contributed by atoms with Crippen LogP contribution in [0.2, 0.25) is 0 Å². The van der Waals surface area contributed by atoms with E-state index in [0.29, 0.717) is 6.08 Å². The van der Waals surface area contributed by atoms with E-state index in [1.54, 1.807) is 0 Å². The zero-order valence-electron chi connectivity index (χ0n) is 16.0. The number of halogens is 6. The van der Waals surface area contributed by atoms with Crippen LogP contribution in [-0.4, -0.2) is 31.5 Å². The lowest BCUT2D eigenvalue weighted by molar-refractivity contribution is -0.138. The summed E-state index contributed by atoms with van der Waals surface area (Å²) in [5, 5.41) is 0. The van der Waals surface area contributed by atoms with Gasteiger partial charge in [0.15, 0.2) is 0 Å². The molecule has 0 fully saturated rings. The first kappa shape index (κ1) is 22.9. The van der Waals surface area contributed by atoms with E-state index in [4.69, 9.17) is 0 Å². The van der Waals surface area contributed by atoms with Crippen LogP contribution in [0, 0.1) is 0 Å². The van der Waals surface area contributed by atoms with Crippen LogP contribution in [0.5, 0.6) is 0 Å². The van der Waals surface area contributed by atoms with Crippen molar-refractivity contribution in [1.82, 2.24) is 0 Å². The molecular formula is C21H15BrF5NO3. The quantitative estimate of drug-likeness (QED) is 0.299. The van der Waals surface area contributed by atoms with Crippen LogP contribution in [0.3, 0.4) is 0 Å². The van der Waals surface area contributed by atoms with E-state index in [-0.39, 0.29) is 15.7 Å². The second kappa shape index (κ2) is 8.41. The Labute approximate surface area is 182 Å². The number of carbonyl (C=O) groups excluding carboxylic acids is 2. The Morgan fingerprint density at radius 2 is 1.84 bits per heavy atom. The highest BCUT2D eigenvalue weighted by Gasteiger charge is 2.43. The summed E-state index contributed by atoms with van der Waals surface area (Å²) in [6, 6.07) is 8.52. The van der Waals surface area contributed by atoms with Crippen LogP contribution in [0.25, 0.3) is 5.57 Å². The number of rotatable bonds is 2. The van der Waals surface area contributed by atoms with Gasteiger partial charge in [-0.3, -0.25) is 4.79 Å². The highest BCUT2D eigenvalue weighted by Crippen LogP contribution is 2.44. The van der Waals surface area contributed by atoms with Crippen LogP contribution in [-0.2, 0) is 15.7 Å². The van der Waals surface area contributed by atoms with E-state index < -0.39 is 53.6 Å². The first-order valence-corrected chi connectivity index (χ1v) is 9.71. The second-order valence-electron chi connectivity index (χ2n) is 6.70. The first-order valence-electron chi connectivity index (χ1n) is 8.91. The molecule has 0 bridgehead atoms. The smallest absolute Gasteiger partial charge is 0.417 e. The fourth-order valence-corrected chi connectivity index (χ4v) is 3.66.